The Kier molecular flexibility index (Phi) is 8.63. The van der Waals surface area contributed by atoms with Gasteiger partial charge in [0.1, 0.15) is 4.32 Å². The minimum absolute atomic E-state index is 0.103. The number of aryl methyl sites for hydroxylation is 2. The van der Waals surface area contributed by atoms with Gasteiger partial charge in [-0.15, -0.1) is 0 Å². The minimum atomic E-state index is -0.270. The van der Waals surface area contributed by atoms with Gasteiger partial charge in [-0.1, -0.05) is 66.4 Å². The van der Waals surface area contributed by atoms with E-state index in [9.17, 15) is 9.59 Å². The van der Waals surface area contributed by atoms with Crippen LogP contribution in [0.5, 0.6) is 11.5 Å². The van der Waals surface area contributed by atoms with Gasteiger partial charge in [-0.3, -0.25) is 14.5 Å². The van der Waals surface area contributed by atoms with Gasteiger partial charge in [0.05, 0.1) is 12.0 Å². The summed E-state index contributed by atoms with van der Waals surface area (Å²) in [7, 11) is 1.53. The molecule has 0 saturated carbocycles. The molecule has 4 rings (SSSR count). The number of anilines is 1. The zero-order chi connectivity index (χ0) is 26.4. The summed E-state index contributed by atoms with van der Waals surface area (Å²) in [6.07, 6.45) is 2.53. The largest absolute Gasteiger partial charge is 0.493 e. The molecule has 8 heteroatoms. The van der Waals surface area contributed by atoms with Gasteiger partial charge in [-0.2, -0.15) is 0 Å². The number of carbonyl (C=O) groups is 2. The standard InChI is InChI=1S/C29H28N2O4S2/c1-19-9-11-23(15-20(19)2)30-27(32)18-35-24-12-10-22(16-25(24)34-3)17-26-28(33)31(29(36)37-26)14-13-21-7-5-4-6-8-21/h4-12,15-17H,13-14,18H2,1-3H3,(H,30,32)/b26-17-. The van der Waals surface area contributed by atoms with E-state index in [1.165, 1.54) is 18.9 Å². The third kappa shape index (κ3) is 6.78. The van der Waals surface area contributed by atoms with Crippen molar-refractivity contribution in [3.8, 4) is 11.5 Å². The molecule has 37 heavy (non-hydrogen) atoms. The Balaban J connectivity index is 1.38. The summed E-state index contributed by atoms with van der Waals surface area (Å²) < 4.78 is 11.7. The van der Waals surface area contributed by atoms with Crippen LogP contribution in [0, 0.1) is 13.8 Å². The summed E-state index contributed by atoms with van der Waals surface area (Å²) >= 11 is 6.75. The van der Waals surface area contributed by atoms with E-state index in [1.807, 2.05) is 68.4 Å². The highest BCUT2D eigenvalue weighted by Gasteiger charge is 2.31. The number of benzene rings is 3. The van der Waals surface area contributed by atoms with Crippen molar-refractivity contribution in [2.75, 3.05) is 25.6 Å². The van der Waals surface area contributed by atoms with Gasteiger partial charge in [0, 0.05) is 12.2 Å². The van der Waals surface area contributed by atoms with Crippen molar-refractivity contribution in [1.29, 1.82) is 0 Å². The Morgan fingerprint density at radius 2 is 1.81 bits per heavy atom. The molecule has 0 atom stereocenters. The first-order chi connectivity index (χ1) is 17.8. The molecule has 1 fully saturated rings. The Morgan fingerprint density at radius 1 is 1.03 bits per heavy atom. The lowest BCUT2D eigenvalue weighted by molar-refractivity contribution is -0.122. The summed E-state index contributed by atoms with van der Waals surface area (Å²) in [6, 6.07) is 21.1. The molecule has 0 aromatic heterocycles. The molecule has 0 spiro atoms. The molecule has 1 aliphatic heterocycles. The van der Waals surface area contributed by atoms with E-state index in [2.05, 4.69) is 5.32 Å². The molecular weight excluding hydrogens is 504 g/mol. The maximum absolute atomic E-state index is 13.0. The van der Waals surface area contributed by atoms with E-state index in [1.54, 1.807) is 23.1 Å². The molecule has 3 aromatic carbocycles. The van der Waals surface area contributed by atoms with Gasteiger partial charge in [-0.25, -0.2) is 0 Å². The summed E-state index contributed by atoms with van der Waals surface area (Å²) in [5, 5.41) is 2.84. The zero-order valence-corrected chi connectivity index (χ0v) is 22.6. The first-order valence-electron chi connectivity index (χ1n) is 11.8. The smallest absolute Gasteiger partial charge is 0.266 e. The van der Waals surface area contributed by atoms with Gasteiger partial charge in [0.15, 0.2) is 18.1 Å². The van der Waals surface area contributed by atoms with E-state index in [0.717, 1.165) is 34.4 Å². The van der Waals surface area contributed by atoms with E-state index >= 15 is 0 Å². The Hall–Kier alpha value is -3.62. The molecule has 1 N–H and O–H groups in total. The molecule has 0 aliphatic carbocycles. The number of hydrogen-bond acceptors (Lipinski definition) is 6. The average molecular weight is 533 g/mol. The number of amides is 2. The Morgan fingerprint density at radius 3 is 2.54 bits per heavy atom. The van der Waals surface area contributed by atoms with Gasteiger partial charge >= 0.3 is 0 Å². The maximum Gasteiger partial charge on any atom is 0.266 e. The fraction of sp³-hybridized carbons (Fsp3) is 0.207. The van der Waals surface area contributed by atoms with E-state index in [0.29, 0.717) is 27.3 Å². The lowest BCUT2D eigenvalue weighted by Gasteiger charge is -2.14. The number of rotatable bonds is 9. The lowest BCUT2D eigenvalue weighted by atomic mass is 10.1. The minimum Gasteiger partial charge on any atom is -0.493 e. The normalized spacial score (nSPS) is 14.2. The van der Waals surface area contributed by atoms with Crippen LogP contribution in [-0.2, 0) is 16.0 Å². The molecule has 1 heterocycles. The SMILES string of the molecule is COc1cc(/C=C2\SC(=S)N(CCc3ccccc3)C2=O)ccc1OCC(=O)Nc1ccc(C)c(C)c1. The molecule has 0 radical (unpaired) electrons. The second-order valence-corrected chi connectivity index (χ2v) is 10.3. The second-order valence-electron chi connectivity index (χ2n) is 8.62. The number of nitrogens with zero attached hydrogens (tertiary/aromatic N) is 1. The van der Waals surface area contributed by atoms with Gasteiger partial charge in [-0.05, 0) is 72.9 Å². The number of methoxy groups -OCH3 is 1. The lowest BCUT2D eigenvalue weighted by Crippen LogP contribution is -2.30. The van der Waals surface area contributed by atoms with Crippen LogP contribution >= 0.6 is 24.0 Å². The molecule has 2 amide bonds. The molecule has 0 unspecified atom stereocenters. The number of ether oxygens (including phenoxy) is 2. The van der Waals surface area contributed by atoms with Crippen LogP contribution in [0.2, 0.25) is 0 Å². The molecule has 190 valence electrons. The van der Waals surface area contributed by atoms with Crippen molar-refractivity contribution in [3.63, 3.8) is 0 Å². The molecule has 0 bridgehead atoms. The third-order valence-electron chi connectivity index (χ3n) is 5.98. The van der Waals surface area contributed by atoms with Crippen molar-refractivity contribution in [2.24, 2.45) is 0 Å². The first kappa shape index (κ1) is 26.4. The highest BCUT2D eigenvalue weighted by molar-refractivity contribution is 8.26. The van der Waals surface area contributed by atoms with E-state index < -0.39 is 0 Å². The summed E-state index contributed by atoms with van der Waals surface area (Å²) in [5.74, 6) is 0.527. The number of nitrogens with one attached hydrogen (secondary N) is 1. The van der Waals surface area contributed by atoms with Gasteiger partial charge in [0.2, 0.25) is 0 Å². The molecule has 3 aromatic rings. The van der Waals surface area contributed by atoms with Crippen LogP contribution in [0.4, 0.5) is 5.69 Å². The molecule has 1 aliphatic rings. The van der Waals surface area contributed by atoms with Crippen molar-refractivity contribution in [1.82, 2.24) is 4.90 Å². The Bertz CT molecular complexity index is 1360. The molecule has 6 nitrogen and oxygen atoms in total. The summed E-state index contributed by atoms with van der Waals surface area (Å²) in [5.41, 5.74) is 4.91. The topological polar surface area (TPSA) is 67.9 Å². The number of carbonyl (C=O) groups excluding carboxylic acids is 2. The highest BCUT2D eigenvalue weighted by Crippen LogP contribution is 2.35. The molecular formula is C29H28N2O4S2. The third-order valence-corrected chi connectivity index (χ3v) is 7.35. The zero-order valence-electron chi connectivity index (χ0n) is 20.9. The average Bonchev–Trinajstić information content (AvgIpc) is 3.16. The van der Waals surface area contributed by atoms with Crippen molar-refractivity contribution in [3.05, 3.63) is 93.9 Å². The van der Waals surface area contributed by atoms with Crippen LogP contribution in [0.25, 0.3) is 6.08 Å². The van der Waals surface area contributed by atoms with Gasteiger partial charge in [0.25, 0.3) is 11.8 Å². The maximum atomic E-state index is 13.0. The van der Waals surface area contributed by atoms with Crippen molar-refractivity contribution >= 4 is 51.9 Å². The first-order valence-corrected chi connectivity index (χ1v) is 13.0. The summed E-state index contributed by atoms with van der Waals surface area (Å²) in [4.78, 5) is 27.6. The quantitative estimate of drug-likeness (QED) is 0.279. The van der Waals surface area contributed by atoms with E-state index in [4.69, 9.17) is 21.7 Å². The van der Waals surface area contributed by atoms with Crippen LogP contribution < -0.4 is 14.8 Å². The second kappa shape index (κ2) is 12.1. The van der Waals surface area contributed by atoms with Crippen LogP contribution in [0.3, 0.4) is 0 Å². The predicted molar refractivity (Wildman–Crippen MR) is 153 cm³/mol. The number of thiocarbonyl (C=S) groups is 1. The van der Waals surface area contributed by atoms with Crippen LogP contribution in [-0.4, -0.2) is 41.3 Å². The fourth-order valence-corrected chi connectivity index (χ4v) is 5.09. The number of hydrogen-bond donors (Lipinski definition) is 1. The molecule has 1 saturated heterocycles. The monoisotopic (exact) mass is 532 g/mol. The van der Waals surface area contributed by atoms with E-state index in [-0.39, 0.29) is 18.4 Å². The fourth-order valence-electron chi connectivity index (χ4n) is 3.78. The Labute approximate surface area is 226 Å². The number of thioether (sulfide) groups is 1. The van der Waals surface area contributed by atoms with Crippen LogP contribution in [0.1, 0.15) is 22.3 Å². The van der Waals surface area contributed by atoms with Crippen LogP contribution in [0.15, 0.2) is 71.6 Å². The summed E-state index contributed by atoms with van der Waals surface area (Å²) in [6.45, 7) is 4.39. The predicted octanol–water partition coefficient (Wildman–Crippen LogP) is 5.77. The van der Waals surface area contributed by atoms with Crippen molar-refractivity contribution in [2.45, 2.75) is 20.3 Å². The van der Waals surface area contributed by atoms with Gasteiger partial charge < -0.3 is 14.8 Å². The highest BCUT2D eigenvalue weighted by atomic mass is 32.2. The van der Waals surface area contributed by atoms with Crippen molar-refractivity contribution < 1.29 is 19.1 Å².